The van der Waals surface area contributed by atoms with E-state index < -0.39 is 0 Å². The number of aryl methyl sites for hydroxylation is 1. The molecule has 0 radical (unpaired) electrons. The predicted molar refractivity (Wildman–Crippen MR) is 95.3 cm³/mol. The highest BCUT2D eigenvalue weighted by Crippen LogP contribution is 2.29. The molecule has 1 saturated carbocycles. The molecule has 1 aromatic heterocycles. The summed E-state index contributed by atoms with van der Waals surface area (Å²) in [5.74, 6) is 3.60. The second-order valence-corrected chi connectivity index (χ2v) is 6.80. The Labute approximate surface area is 144 Å². The highest BCUT2D eigenvalue weighted by atomic mass is 16.5. The van der Waals surface area contributed by atoms with Crippen molar-refractivity contribution in [1.29, 1.82) is 0 Å². The Balaban J connectivity index is 1.70. The Bertz CT molecular complexity index is 551. The summed E-state index contributed by atoms with van der Waals surface area (Å²) >= 11 is 0. The summed E-state index contributed by atoms with van der Waals surface area (Å²) in [5, 5.41) is 6.88. The van der Waals surface area contributed by atoms with Gasteiger partial charge in [-0.25, -0.2) is 0 Å². The van der Waals surface area contributed by atoms with Crippen LogP contribution in [0.2, 0.25) is 0 Å². The van der Waals surface area contributed by atoms with Gasteiger partial charge in [-0.1, -0.05) is 6.92 Å². The Morgan fingerprint density at radius 3 is 2.71 bits per heavy atom. The van der Waals surface area contributed by atoms with Gasteiger partial charge in [-0.15, -0.1) is 0 Å². The summed E-state index contributed by atoms with van der Waals surface area (Å²) in [7, 11) is 0. The monoisotopic (exact) mass is 334 g/mol. The van der Waals surface area contributed by atoms with E-state index in [0.717, 1.165) is 56.2 Å². The smallest absolute Gasteiger partial charge is 0.191 e. The SMILES string of the molecule is CCNC(=NCC(c1ccc(C)o1)N1CCOCC1)NC1CC1C. The highest BCUT2D eigenvalue weighted by molar-refractivity contribution is 5.80. The lowest BCUT2D eigenvalue weighted by Gasteiger charge is -2.32. The first-order chi connectivity index (χ1) is 11.7. The number of morpholine rings is 1. The number of hydrogen-bond donors (Lipinski definition) is 2. The number of rotatable bonds is 6. The Morgan fingerprint density at radius 1 is 1.38 bits per heavy atom. The Kier molecular flexibility index (Phi) is 5.79. The van der Waals surface area contributed by atoms with Crippen LogP contribution in [-0.2, 0) is 4.74 Å². The van der Waals surface area contributed by atoms with Crippen molar-refractivity contribution >= 4 is 5.96 Å². The molecule has 1 aromatic rings. The predicted octanol–water partition coefficient (Wildman–Crippen LogP) is 1.92. The zero-order valence-corrected chi connectivity index (χ0v) is 15.0. The third kappa shape index (κ3) is 4.51. The molecule has 0 bridgehead atoms. The zero-order chi connectivity index (χ0) is 16.9. The number of guanidine groups is 1. The number of furan rings is 1. The number of ether oxygens (including phenoxy) is 1. The Hall–Kier alpha value is -1.53. The molecule has 2 fully saturated rings. The van der Waals surface area contributed by atoms with Crippen molar-refractivity contribution in [2.75, 3.05) is 39.4 Å². The first kappa shape index (κ1) is 17.3. The number of nitrogens with zero attached hydrogens (tertiary/aromatic N) is 2. The fourth-order valence-corrected chi connectivity index (χ4v) is 3.10. The van der Waals surface area contributed by atoms with E-state index in [0.29, 0.717) is 12.6 Å². The number of aliphatic imine (C=N–C) groups is 1. The lowest BCUT2D eigenvalue weighted by Crippen LogP contribution is -2.42. The van der Waals surface area contributed by atoms with Gasteiger partial charge in [0.05, 0.1) is 25.8 Å². The molecule has 3 rings (SSSR count). The van der Waals surface area contributed by atoms with Crippen molar-refractivity contribution in [2.24, 2.45) is 10.9 Å². The molecule has 0 spiro atoms. The van der Waals surface area contributed by atoms with Crippen LogP contribution in [0.5, 0.6) is 0 Å². The lowest BCUT2D eigenvalue weighted by molar-refractivity contribution is 0.0135. The Morgan fingerprint density at radius 2 is 2.12 bits per heavy atom. The summed E-state index contributed by atoms with van der Waals surface area (Å²) in [5.41, 5.74) is 0. The molecule has 2 heterocycles. The average molecular weight is 334 g/mol. The van der Waals surface area contributed by atoms with E-state index >= 15 is 0 Å². The zero-order valence-electron chi connectivity index (χ0n) is 15.0. The van der Waals surface area contributed by atoms with Crippen LogP contribution in [0.3, 0.4) is 0 Å². The van der Waals surface area contributed by atoms with Crippen molar-refractivity contribution in [3.63, 3.8) is 0 Å². The minimum atomic E-state index is 0.162. The quantitative estimate of drug-likeness (QED) is 0.615. The van der Waals surface area contributed by atoms with E-state index in [4.69, 9.17) is 14.1 Å². The molecule has 3 atom stereocenters. The summed E-state index contributed by atoms with van der Waals surface area (Å²) in [6, 6.07) is 4.83. The molecule has 3 unspecified atom stereocenters. The molecule has 24 heavy (non-hydrogen) atoms. The first-order valence-corrected chi connectivity index (χ1v) is 9.10. The van der Waals surface area contributed by atoms with Crippen molar-refractivity contribution in [2.45, 2.75) is 39.3 Å². The fraction of sp³-hybridized carbons (Fsp3) is 0.722. The van der Waals surface area contributed by atoms with Gasteiger partial charge < -0.3 is 19.8 Å². The molecule has 2 N–H and O–H groups in total. The summed E-state index contributed by atoms with van der Waals surface area (Å²) in [6.45, 7) is 11.3. The first-order valence-electron chi connectivity index (χ1n) is 9.10. The number of hydrogen-bond acceptors (Lipinski definition) is 4. The largest absolute Gasteiger partial charge is 0.465 e. The van der Waals surface area contributed by atoms with E-state index in [2.05, 4.69) is 35.4 Å². The topological polar surface area (TPSA) is 62.0 Å². The van der Waals surface area contributed by atoms with Crippen molar-refractivity contribution in [3.05, 3.63) is 23.7 Å². The fourth-order valence-electron chi connectivity index (χ4n) is 3.10. The summed E-state index contributed by atoms with van der Waals surface area (Å²) < 4.78 is 11.4. The van der Waals surface area contributed by atoms with Crippen LogP contribution in [0.4, 0.5) is 0 Å². The third-order valence-corrected chi connectivity index (χ3v) is 4.77. The van der Waals surface area contributed by atoms with Gasteiger partial charge in [0, 0.05) is 25.7 Å². The maximum atomic E-state index is 5.91. The van der Waals surface area contributed by atoms with Crippen molar-refractivity contribution in [1.82, 2.24) is 15.5 Å². The maximum absolute atomic E-state index is 5.91. The van der Waals surface area contributed by atoms with Gasteiger partial charge in [0.1, 0.15) is 11.5 Å². The van der Waals surface area contributed by atoms with Crippen LogP contribution in [0, 0.1) is 12.8 Å². The van der Waals surface area contributed by atoms with E-state index in [-0.39, 0.29) is 6.04 Å². The second kappa shape index (κ2) is 8.03. The van der Waals surface area contributed by atoms with E-state index in [1.807, 2.05) is 13.0 Å². The molecule has 0 amide bonds. The molecule has 1 aliphatic carbocycles. The molecule has 1 aliphatic heterocycles. The van der Waals surface area contributed by atoms with E-state index in [1.165, 1.54) is 6.42 Å². The van der Waals surface area contributed by atoms with Crippen LogP contribution in [0.1, 0.15) is 37.8 Å². The van der Waals surface area contributed by atoms with Gasteiger partial charge in [0.2, 0.25) is 0 Å². The van der Waals surface area contributed by atoms with Gasteiger partial charge in [0.15, 0.2) is 5.96 Å². The summed E-state index contributed by atoms with van der Waals surface area (Å²) in [4.78, 5) is 7.25. The van der Waals surface area contributed by atoms with Gasteiger partial charge in [-0.3, -0.25) is 9.89 Å². The van der Waals surface area contributed by atoms with E-state index in [1.54, 1.807) is 0 Å². The van der Waals surface area contributed by atoms with E-state index in [9.17, 15) is 0 Å². The van der Waals surface area contributed by atoms with Crippen molar-refractivity contribution < 1.29 is 9.15 Å². The third-order valence-electron chi connectivity index (χ3n) is 4.77. The van der Waals surface area contributed by atoms with Crippen molar-refractivity contribution in [3.8, 4) is 0 Å². The minimum Gasteiger partial charge on any atom is -0.465 e. The van der Waals surface area contributed by atoms with Gasteiger partial charge in [-0.2, -0.15) is 0 Å². The summed E-state index contributed by atoms with van der Waals surface area (Å²) in [6.07, 6.45) is 1.23. The molecule has 134 valence electrons. The maximum Gasteiger partial charge on any atom is 0.191 e. The molecule has 2 aliphatic rings. The second-order valence-electron chi connectivity index (χ2n) is 6.80. The van der Waals surface area contributed by atoms with Gasteiger partial charge in [0.25, 0.3) is 0 Å². The molecular formula is C18H30N4O2. The highest BCUT2D eigenvalue weighted by Gasteiger charge is 2.33. The van der Waals surface area contributed by atoms with Crippen LogP contribution in [0.25, 0.3) is 0 Å². The molecule has 1 saturated heterocycles. The van der Waals surface area contributed by atoms with Crippen LogP contribution < -0.4 is 10.6 Å². The molecular weight excluding hydrogens is 304 g/mol. The molecule has 6 nitrogen and oxygen atoms in total. The number of nitrogens with one attached hydrogen (secondary N) is 2. The minimum absolute atomic E-state index is 0.162. The lowest BCUT2D eigenvalue weighted by atomic mass is 10.1. The van der Waals surface area contributed by atoms with Crippen LogP contribution in [0.15, 0.2) is 21.5 Å². The average Bonchev–Trinajstić information content (AvgIpc) is 3.10. The molecule has 0 aromatic carbocycles. The van der Waals surface area contributed by atoms with Crippen LogP contribution >= 0.6 is 0 Å². The van der Waals surface area contributed by atoms with Gasteiger partial charge in [-0.05, 0) is 38.3 Å². The van der Waals surface area contributed by atoms with Gasteiger partial charge >= 0.3 is 0 Å². The molecule has 6 heteroatoms. The normalized spacial score (nSPS) is 26.2. The van der Waals surface area contributed by atoms with Crippen LogP contribution in [-0.4, -0.2) is 56.3 Å². The standard InChI is InChI=1S/C18H30N4O2/c1-4-19-18(21-15-11-13(15)2)20-12-16(17-6-5-14(3)24-17)22-7-9-23-10-8-22/h5-6,13,15-16H,4,7-12H2,1-3H3,(H2,19,20,21).